The first-order chi connectivity index (χ1) is 10.1. The van der Waals surface area contributed by atoms with Crippen LogP contribution in [0.1, 0.15) is 57.2 Å². The molecule has 0 aromatic heterocycles. The Morgan fingerprint density at radius 1 is 1.00 bits per heavy atom. The monoisotopic (exact) mass is 298 g/mol. The molecule has 21 heavy (non-hydrogen) atoms. The molecule has 0 bridgehead atoms. The minimum Gasteiger partial charge on any atom is -0.329 e. The first-order valence-electron chi connectivity index (χ1n) is 7.89. The summed E-state index contributed by atoms with van der Waals surface area (Å²) in [5.74, 6) is 0.652. The molecule has 1 unspecified atom stereocenters. The third-order valence-corrected chi connectivity index (χ3v) is 4.29. The van der Waals surface area contributed by atoms with Crippen LogP contribution in [0.3, 0.4) is 0 Å². The average molecular weight is 298 g/mol. The molecule has 0 heterocycles. The van der Waals surface area contributed by atoms with Crippen molar-refractivity contribution < 1.29 is 8.78 Å². The van der Waals surface area contributed by atoms with Crippen LogP contribution < -0.4 is 5.73 Å². The summed E-state index contributed by atoms with van der Waals surface area (Å²) in [6.07, 6.45) is -0.120. The van der Waals surface area contributed by atoms with Crippen molar-refractivity contribution in [2.24, 2.45) is 11.7 Å². The first-order valence-corrected chi connectivity index (χ1v) is 7.89. The highest BCUT2D eigenvalue weighted by Gasteiger charge is 2.20. The van der Waals surface area contributed by atoms with Crippen LogP contribution in [0, 0.1) is 5.92 Å². The summed E-state index contributed by atoms with van der Waals surface area (Å²) in [6.45, 7) is 8.95. The summed E-state index contributed by atoms with van der Waals surface area (Å²) in [6, 6.07) is 6.69. The number of hydrogen-bond donors (Lipinski definition) is 1. The van der Waals surface area contributed by atoms with Gasteiger partial charge in [-0.15, -0.1) is 0 Å². The van der Waals surface area contributed by atoms with E-state index in [0.717, 1.165) is 31.5 Å². The Kier molecular flexibility index (Phi) is 7.83. The lowest BCUT2D eigenvalue weighted by molar-refractivity contribution is 0.151. The summed E-state index contributed by atoms with van der Waals surface area (Å²) in [4.78, 5) is 2.36. The predicted octanol–water partition coefficient (Wildman–Crippen LogP) is 4.38. The van der Waals surface area contributed by atoms with E-state index in [2.05, 4.69) is 25.7 Å². The molecule has 0 aliphatic rings. The smallest absolute Gasteiger partial charge is 0.263 e. The van der Waals surface area contributed by atoms with E-state index >= 15 is 0 Å². The summed E-state index contributed by atoms with van der Waals surface area (Å²) in [5, 5.41) is 0. The summed E-state index contributed by atoms with van der Waals surface area (Å²) in [5.41, 5.74) is 7.04. The molecule has 0 aliphatic carbocycles. The lowest BCUT2D eigenvalue weighted by atomic mass is 9.99. The van der Waals surface area contributed by atoms with Gasteiger partial charge in [-0.1, -0.05) is 57.9 Å². The van der Waals surface area contributed by atoms with Crippen LogP contribution in [-0.2, 0) is 0 Å². The molecular formula is C17H28F2N2. The maximum Gasteiger partial charge on any atom is 0.263 e. The Morgan fingerprint density at radius 2 is 1.52 bits per heavy atom. The average Bonchev–Trinajstić information content (AvgIpc) is 2.51. The number of likely N-dealkylation sites (N-methyl/N-ethyl adjacent to an activating group) is 1. The van der Waals surface area contributed by atoms with E-state index < -0.39 is 6.43 Å². The number of nitrogens with two attached hydrogens (primary N) is 1. The van der Waals surface area contributed by atoms with Crippen molar-refractivity contribution in [1.29, 1.82) is 0 Å². The van der Waals surface area contributed by atoms with Crippen molar-refractivity contribution in [3.8, 4) is 0 Å². The van der Waals surface area contributed by atoms with E-state index in [1.807, 2.05) is 0 Å². The largest absolute Gasteiger partial charge is 0.329 e. The van der Waals surface area contributed by atoms with Crippen LogP contribution in [0.4, 0.5) is 8.78 Å². The van der Waals surface area contributed by atoms with Crippen molar-refractivity contribution in [2.45, 2.75) is 46.1 Å². The van der Waals surface area contributed by atoms with Crippen LogP contribution in [0.2, 0.25) is 0 Å². The van der Waals surface area contributed by atoms with Crippen LogP contribution in [0.5, 0.6) is 0 Å². The second-order valence-electron chi connectivity index (χ2n) is 5.49. The van der Waals surface area contributed by atoms with Gasteiger partial charge in [0.15, 0.2) is 0 Å². The molecule has 2 nitrogen and oxygen atoms in total. The van der Waals surface area contributed by atoms with Gasteiger partial charge in [-0.05, 0) is 18.0 Å². The number of nitrogens with zero attached hydrogens (tertiary/aromatic N) is 1. The molecule has 0 fully saturated rings. The minimum atomic E-state index is -2.41. The Morgan fingerprint density at radius 3 is 1.90 bits per heavy atom. The minimum absolute atomic E-state index is 0.0672. The second-order valence-corrected chi connectivity index (χ2v) is 5.49. The molecule has 0 spiro atoms. The van der Waals surface area contributed by atoms with E-state index in [0.29, 0.717) is 12.5 Å². The highest BCUT2D eigenvalue weighted by atomic mass is 19.3. The summed E-state index contributed by atoms with van der Waals surface area (Å²) < 4.78 is 25.3. The molecule has 1 aromatic carbocycles. The van der Waals surface area contributed by atoms with Crippen molar-refractivity contribution in [1.82, 2.24) is 4.90 Å². The summed E-state index contributed by atoms with van der Waals surface area (Å²) >= 11 is 0. The van der Waals surface area contributed by atoms with Crippen molar-refractivity contribution >= 4 is 0 Å². The molecule has 1 rings (SSSR count). The lowest BCUT2D eigenvalue weighted by Gasteiger charge is -2.33. The lowest BCUT2D eigenvalue weighted by Crippen LogP contribution is -2.37. The zero-order chi connectivity index (χ0) is 15.8. The molecule has 0 saturated carbocycles. The van der Waals surface area contributed by atoms with Crippen LogP contribution in [-0.4, -0.2) is 24.5 Å². The van der Waals surface area contributed by atoms with E-state index in [9.17, 15) is 8.78 Å². The number of rotatable bonds is 9. The molecule has 0 radical (unpaired) electrons. The molecular weight excluding hydrogens is 270 g/mol. The third kappa shape index (κ3) is 5.04. The fourth-order valence-electron chi connectivity index (χ4n) is 2.71. The highest BCUT2D eigenvalue weighted by molar-refractivity contribution is 5.26. The third-order valence-electron chi connectivity index (χ3n) is 4.29. The normalized spacial score (nSPS) is 13.4. The quantitative estimate of drug-likeness (QED) is 0.733. The van der Waals surface area contributed by atoms with Gasteiger partial charge in [-0.2, -0.15) is 0 Å². The predicted molar refractivity (Wildman–Crippen MR) is 84.5 cm³/mol. The van der Waals surface area contributed by atoms with E-state index in [-0.39, 0.29) is 11.6 Å². The topological polar surface area (TPSA) is 29.3 Å². The highest BCUT2D eigenvalue weighted by Crippen LogP contribution is 2.25. The Labute approximate surface area is 127 Å². The van der Waals surface area contributed by atoms with Crippen molar-refractivity contribution in [2.75, 3.05) is 19.6 Å². The first kappa shape index (κ1) is 18.1. The number of hydrogen-bond acceptors (Lipinski definition) is 2. The molecule has 120 valence electrons. The van der Waals surface area contributed by atoms with Gasteiger partial charge in [0.05, 0.1) is 0 Å². The summed E-state index contributed by atoms with van der Waals surface area (Å²) in [7, 11) is 0. The van der Waals surface area contributed by atoms with Gasteiger partial charge in [0, 0.05) is 24.7 Å². The van der Waals surface area contributed by atoms with E-state index in [1.54, 1.807) is 12.1 Å². The van der Waals surface area contributed by atoms with Crippen molar-refractivity contribution in [3.05, 3.63) is 35.4 Å². The molecule has 1 aromatic rings. The number of alkyl halides is 2. The van der Waals surface area contributed by atoms with Crippen molar-refractivity contribution in [3.63, 3.8) is 0 Å². The Hall–Kier alpha value is -1.00. The molecule has 2 N–H and O–H groups in total. The molecule has 0 aliphatic heterocycles. The van der Waals surface area contributed by atoms with Gasteiger partial charge in [0.2, 0.25) is 0 Å². The fourth-order valence-corrected chi connectivity index (χ4v) is 2.71. The maximum absolute atomic E-state index is 12.6. The van der Waals surface area contributed by atoms with Crippen LogP contribution >= 0.6 is 0 Å². The SMILES string of the molecule is CCC(CC)CN(CC)C(CN)c1ccc(C(F)F)cc1. The Balaban J connectivity index is 2.87. The van der Waals surface area contributed by atoms with Gasteiger partial charge in [-0.3, -0.25) is 4.90 Å². The van der Waals surface area contributed by atoms with E-state index in [4.69, 9.17) is 5.73 Å². The molecule has 4 heteroatoms. The fraction of sp³-hybridized carbons (Fsp3) is 0.647. The Bertz CT molecular complexity index is 388. The van der Waals surface area contributed by atoms with Gasteiger partial charge in [0.1, 0.15) is 0 Å². The zero-order valence-corrected chi connectivity index (χ0v) is 13.4. The number of halogens is 2. The maximum atomic E-state index is 12.6. The van der Waals surface area contributed by atoms with Gasteiger partial charge >= 0.3 is 0 Å². The van der Waals surface area contributed by atoms with E-state index in [1.165, 1.54) is 12.1 Å². The molecule has 0 saturated heterocycles. The standard InChI is InChI=1S/C17H28F2N2/c1-4-13(5-2)12-21(6-3)16(11-20)14-7-9-15(10-8-14)17(18)19/h7-10,13,16-17H,4-6,11-12,20H2,1-3H3. The number of benzene rings is 1. The zero-order valence-electron chi connectivity index (χ0n) is 13.4. The molecule has 1 atom stereocenters. The van der Waals surface area contributed by atoms with Crippen LogP contribution in [0.15, 0.2) is 24.3 Å². The molecule has 0 amide bonds. The van der Waals surface area contributed by atoms with Crippen LogP contribution in [0.25, 0.3) is 0 Å². The van der Waals surface area contributed by atoms with Gasteiger partial charge in [0.25, 0.3) is 6.43 Å². The van der Waals surface area contributed by atoms with Gasteiger partial charge in [-0.25, -0.2) is 8.78 Å². The second kappa shape index (κ2) is 9.11. The van der Waals surface area contributed by atoms with Gasteiger partial charge < -0.3 is 5.73 Å².